The molecular formula is C20H33N3O3Sn2. The Kier molecular flexibility index (Phi) is 9.52. The minimum atomic E-state index is -2.10. The van der Waals surface area contributed by atoms with E-state index in [0.29, 0.717) is 11.7 Å². The van der Waals surface area contributed by atoms with Gasteiger partial charge >= 0.3 is 178 Å². The molecule has 0 bridgehead atoms. The molecule has 0 spiro atoms. The zero-order valence-corrected chi connectivity index (χ0v) is 24.2. The first-order chi connectivity index (χ1) is 12.9. The molecule has 0 aliphatic carbocycles. The summed E-state index contributed by atoms with van der Waals surface area (Å²) in [7, 11) is 3.30. The molecule has 0 aromatic carbocycles. The maximum atomic E-state index is 10.8. The summed E-state index contributed by atoms with van der Waals surface area (Å²) in [5.41, 5.74) is 0. The van der Waals surface area contributed by atoms with Crippen molar-refractivity contribution >= 4 is 55.6 Å². The van der Waals surface area contributed by atoms with E-state index in [1.54, 1.807) is 14.2 Å². The van der Waals surface area contributed by atoms with Crippen molar-refractivity contribution in [2.45, 2.75) is 36.6 Å². The normalized spacial score (nSPS) is 11.2. The molecular weight excluding hydrogens is 568 g/mol. The van der Waals surface area contributed by atoms with Gasteiger partial charge in [-0.2, -0.15) is 0 Å². The third-order valence-electron chi connectivity index (χ3n) is 4.01. The molecule has 2 aromatic rings. The van der Waals surface area contributed by atoms with Gasteiger partial charge in [0.2, 0.25) is 0 Å². The van der Waals surface area contributed by atoms with Crippen molar-refractivity contribution in [3.63, 3.8) is 0 Å². The monoisotopic (exact) mass is 603 g/mol. The van der Waals surface area contributed by atoms with Gasteiger partial charge in [0, 0.05) is 0 Å². The Morgan fingerprint density at radius 1 is 0.929 bits per heavy atom. The predicted molar refractivity (Wildman–Crippen MR) is 122 cm³/mol. The molecule has 2 aromatic heterocycles. The molecule has 28 heavy (non-hydrogen) atoms. The fourth-order valence-electron chi connectivity index (χ4n) is 2.35. The predicted octanol–water partition coefficient (Wildman–Crippen LogP) is 3.23. The van der Waals surface area contributed by atoms with Crippen molar-refractivity contribution in [2.24, 2.45) is 0 Å². The number of nitrogens with one attached hydrogen (secondary N) is 1. The van der Waals surface area contributed by atoms with Crippen LogP contribution in [-0.2, 0) is 4.79 Å². The van der Waals surface area contributed by atoms with Crippen LogP contribution in [0.4, 0.5) is 5.82 Å². The average Bonchev–Trinajstić information content (AvgIpc) is 2.60. The van der Waals surface area contributed by atoms with Crippen LogP contribution in [0.2, 0.25) is 29.6 Å². The van der Waals surface area contributed by atoms with E-state index in [0.717, 1.165) is 5.75 Å². The molecule has 0 radical (unpaired) electrons. The molecule has 1 N–H and O–H groups in total. The fraction of sp³-hybridized carbons (Fsp3) is 0.450. The molecule has 0 atom stereocenters. The zero-order valence-electron chi connectivity index (χ0n) is 18.5. The number of anilines is 1. The number of carbonyl (C=O) groups excluding carboxylic acids is 1. The standard InChI is InChI=1S/C7H7N2O.C7H8NO2.6CH3.2Sn/c1-6(10)9-7-4-2-3-5-8-7;1-9-6-3-4-8-7(5-6)10-2;;;;;;;;/h2,4-5H,1H3,(H,8,9,10);4-5H,1-2H3;6*1H3;;. The second kappa shape index (κ2) is 10.7. The van der Waals surface area contributed by atoms with E-state index >= 15 is 0 Å². The molecule has 0 aliphatic rings. The third-order valence-corrected chi connectivity index (χ3v) is 15.5. The number of hydrogen-bond donors (Lipinski definition) is 1. The Morgan fingerprint density at radius 2 is 1.57 bits per heavy atom. The molecule has 0 saturated carbocycles. The van der Waals surface area contributed by atoms with Crippen LogP contribution < -0.4 is 21.9 Å². The van der Waals surface area contributed by atoms with Gasteiger partial charge in [-0.25, -0.2) is 0 Å². The average molecular weight is 601 g/mol. The number of pyridine rings is 2. The number of amides is 1. The van der Waals surface area contributed by atoms with Crippen molar-refractivity contribution < 1.29 is 14.3 Å². The number of carbonyl (C=O) groups is 1. The zero-order chi connectivity index (χ0) is 21.5. The first-order valence-electron chi connectivity index (χ1n) is 9.21. The summed E-state index contributed by atoms with van der Waals surface area (Å²) in [5.74, 6) is 2.09. The van der Waals surface area contributed by atoms with Crippen LogP contribution in [0.15, 0.2) is 30.6 Å². The van der Waals surface area contributed by atoms with E-state index in [-0.39, 0.29) is 5.91 Å². The molecule has 154 valence electrons. The summed E-state index contributed by atoms with van der Waals surface area (Å²) in [4.78, 5) is 33.2. The van der Waals surface area contributed by atoms with Gasteiger partial charge in [0.1, 0.15) is 0 Å². The summed E-state index contributed by atoms with van der Waals surface area (Å²) in [5, 5.41) is 2.66. The van der Waals surface area contributed by atoms with E-state index in [9.17, 15) is 4.79 Å². The first kappa shape index (κ1) is 25.0. The van der Waals surface area contributed by atoms with Gasteiger partial charge in [0.15, 0.2) is 0 Å². The third kappa shape index (κ3) is 8.14. The molecule has 0 saturated heterocycles. The number of aromatic nitrogens is 2. The van der Waals surface area contributed by atoms with Crippen molar-refractivity contribution in [1.82, 2.24) is 9.97 Å². The molecule has 0 unspecified atom stereocenters. The molecule has 6 nitrogen and oxygen atoms in total. The van der Waals surface area contributed by atoms with Crippen LogP contribution >= 0.6 is 0 Å². The Morgan fingerprint density at radius 3 is 1.96 bits per heavy atom. The van der Waals surface area contributed by atoms with Crippen LogP contribution in [0.3, 0.4) is 0 Å². The van der Waals surface area contributed by atoms with E-state index in [1.807, 2.05) is 24.5 Å². The molecule has 1 amide bonds. The number of rotatable bonds is 5. The Bertz CT molecular complexity index is 783. The van der Waals surface area contributed by atoms with Gasteiger partial charge < -0.3 is 0 Å². The summed E-state index contributed by atoms with van der Waals surface area (Å²) in [6.07, 6.45) is 3.79. The Labute approximate surface area is 177 Å². The van der Waals surface area contributed by atoms with Crippen LogP contribution in [-0.4, -0.2) is 66.8 Å². The van der Waals surface area contributed by atoms with Crippen LogP contribution in [0.25, 0.3) is 0 Å². The van der Waals surface area contributed by atoms with Gasteiger partial charge in [0.25, 0.3) is 0 Å². The first-order valence-corrected chi connectivity index (χ1v) is 29.2. The van der Waals surface area contributed by atoms with Crippen LogP contribution in [0.5, 0.6) is 11.6 Å². The Balaban J connectivity index is 0.000000280. The number of nitrogens with zero attached hydrogens (tertiary/aromatic N) is 2. The second-order valence-electron chi connectivity index (χ2n) is 8.54. The summed E-state index contributed by atoms with van der Waals surface area (Å²) < 4.78 is 13.1. The number of ether oxygens (including phenoxy) is 2. The molecule has 2 rings (SSSR count). The molecule has 0 fully saturated rings. The van der Waals surface area contributed by atoms with Crippen molar-refractivity contribution in [1.29, 1.82) is 0 Å². The van der Waals surface area contributed by atoms with Crippen LogP contribution in [0.1, 0.15) is 6.92 Å². The number of hydrogen-bond acceptors (Lipinski definition) is 5. The number of methoxy groups -OCH3 is 2. The summed E-state index contributed by atoms with van der Waals surface area (Å²) >= 11 is -4.07. The SMILES string of the molecule is CC(=O)Nc1cc[c]([Sn]([CH3])([CH3])[CH3])cn1.COc1cc(OC)[c]([Sn]([CH3])([CH3])[CH3])cn1. The quantitative estimate of drug-likeness (QED) is 0.534. The van der Waals surface area contributed by atoms with E-state index in [2.05, 4.69) is 51.0 Å². The Hall–Kier alpha value is -1.03. The second-order valence-corrected chi connectivity index (χ2v) is 37.4. The van der Waals surface area contributed by atoms with E-state index in [1.165, 1.54) is 14.1 Å². The van der Waals surface area contributed by atoms with Gasteiger partial charge in [-0.1, -0.05) is 0 Å². The van der Waals surface area contributed by atoms with Crippen molar-refractivity contribution in [3.8, 4) is 11.6 Å². The van der Waals surface area contributed by atoms with Gasteiger partial charge in [-0.05, 0) is 0 Å². The van der Waals surface area contributed by atoms with Gasteiger partial charge in [0.05, 0.1) is 0 Å². The topological polar surface area (TPSA) is 73.3 Å². The van der Waals surface area contributed by atoms with E-state index < -0.39 is 36.8 Å². The minimum absolute atomic E-state index is 0.0791. The molecule has 8 heteroatoms. The van der Waals surface area contributed by atoms with E-state index in [4.69, 9.17) is 9.47 Å². The fourth-order valence-corrected chi connectivity index (χ4v) is 9.21. The van der Waals surface area contributed by atoms with Crippen molar-refractivity contribution in [3.05, 3.63) is 30.6 Å². The molecule has 0 aliphatic heterocycles. The molecule has 2 heterocycles. The van der Waals surface area contributed by atoms with Gasteiger partial charge in [-0.3, -0.25) is 0 Å². The maximum absolute atomic E-state index is 10.8. The summed E-state index contributed by atoms with van der Waals surface area (Å²) in [6, 6.07) is 5.81. The van der Waals surface area contributed by atoms with Crippen LogP contribution in [0, 0.1) is 0 Å². The summed E-state index contributed by atoms with van der Waals surface area (Å²) in [6.45, 7) is 1.48. The van der Waals surface area contributed by atoms with Crippen molar-refractivity contribution in [2.75, 3.05) is 19.5 Å². The van der Waals surface area contributed by atoms with Gasteiger partial charge in [-0.15, -0.1) is 0 Å².